The SMILES string of the molecule is C=CCN(N)C(=O)CCC(=O)NN. The standard InChI is InChI=1S/C7H14N4O2/c1-2-5-11(9)7(13)4-3-6(12)10-8/h2H,1,3-5,8-9H2,(H,10,12). The Morgan fingerprint density at radius 1 is 1.46 bits per heavy atom. The van der Waals surface area contributed by atoms with Crippen molar-refractivity contribution >= 4 is 11.8 Å². The Morgan fingerprint density at radius 2 is 2.08 bits per heavy atom. The first-order valence-corrected chi connectivity index (χ1v) is 3.77. The largest absolute Gasteiger partial charge is 0.294 e. The van der Waals surface area contributed by atoms with Gasteiger partial charge >= 0.3 is 0 Å². The predicted octanol–water partition coefficient (Wildman–Crippen LogP) is -1.36. The third-order valence-electron chi connectivity index (χ3n) is 1.37. The minimum Gasteiger partial charge on any atom is -0.294 e. The molecule has 0 spiro atoms. The zero-order valence-corrected chi connectivity index (χ0v) is 7.32. The van der Waals surface area contributed by atoms with E-state index in [-0.39, 0.29) is 31.2 Å². The highest BCUT2D eigenvalue weighted by molar-refractivity contribution is 5.83. The Labute approximate surface area is 76.5 Å². The van der Waals surface area contributed by atoms with Crippen LogP contribution in [0.25, 0.3) is 0 Å². The number of carbonyl (C=O) groups excluding carboxylic acids is 2. The van der Waals surface area contributed by atoms with E-state index in [9.17, 15) is 9.59 Å². The molecule has 0 aromatic heterocycles. The zero-order valence-electron chi connectivity index (χ0n) is 7.32. The summed E-state index contributed by atoms with van der Waals surface area (Å²) >= 11 is 0. The van der Waals surface area contributed by atoms with Gasteiger partial charge in [-0.05, 0) is 0 Å². The van der Waals surface area contributed by atoms with E-state index < -0.39 is 0 Å². The van der Waals surface area contributed by atoms with Crippen molar-refractivity contribution in [1.82, 2.24) is 10.4 Å². The number of carbonyl (C=O) groups is 2. The highest BCUT2D eigenvalue weighted by Gasteiger charge is 2.09. The molecule has 0 saturated heterocycles. The first kappa shape index (κ1) is 11.6. The Balaban J connectivity index is 3.73. The van der Waals surface area contributed by atoms with Crippen LogP contribution in [-0.2, 0) is 9.59 Å². The second-order valence-electron chi connectivity index (χ2n) is 2.40. The van der Waals surface area contributed by atoms with Crippen molar-refractivity contribution in [3.8, 4) is 0 Å². The van der Waals surface area contributed by atoms with E-state index in [1.165, 1.54) is 6.08 Å². The molecule has 0 unspecified atom stereocenters. The van der Waals surface area contributed by atoms with Crippen LogP contribution in [0.4, 0.5) is 0 Å². The maximum absolute atomic E-state index is 11.1. The van der Waals surface area contributed by atoms with Crippen LogP contribution in [0.15, 0.2) is 12.7 Å². The molecule has 0 aromatic carbocycles. The van der Waals surface area contributed by atoms with Crippen molar-refractivity contribution in [2.45, 2.75) is 12.8 Å². The molecule has 0 radical (unpaired) electrons. The molecule has 0 aromatic rings. The van der Waals surface area contributed by atoms with Crippen molar-refractivity contribution in [2.24, 2.45) is 11.7 Å². The summed E-state index contributed by atoms with van der Waals surface area (Å²) in [5, 5.41) is 0.997. The van der Waals surface area contributed by atoms with Gasteiger partial charge in [0.05, 0.1) is 6.54 Å². The zero-order chi connectivity index (χ0) is 10.3. The molecule has 0 aliphatic rings. The van der Waals surface area contributed by atoms with E-state index in [0.29, 0.717) is 0 Å². The minimum absolute atomic E-state index is 0.0418. The lowest BCUT2D eigenvalue weighted by Gasteiger charge is -2.13. The van der Waals surface area contributed by atoms with E-state index >= 15 is 0 Å². The van der Waals surface area contributed by atoms with E-state index in [0.717, 1.165) is 5.01 Å². The molecule has 6 heteroatoms. The lowest BCUT2D eigenvalue weighted by molar-refractivity contribution is -0.133. The van der Waals surface area contributed by atoms with Crippen molar-refractivity contribution in [1.29, 1.82) is 0 Å². The molecule has 0 fully saturated rings. The van der Waals surface area contributed by atoms with Gasteiger partial charge in [0.25, 0.3) is 0 Å². The quantitative estimate of drug-likeness (QED) is 0.214. The number of hydrazine groups is 2. The van der Waals surface area contributed by atoms with Crippen molar-refractivity contribution in [3.05, 3.63) is 12.7 Å². The van der Waals surface area contributed by atoms with Crippen LogP contribution in [0.1, 0.15) is 12.8 Å². The number of nitrogens with two attached hydrogens (primary N) is 2. The van der Waals surface area contributed by atoms with E-state index in [4.69, 9.17) is 11.7 Å². The average molecular weight is 186 g/mol. The maximum atomic E-state index is 11.1. The topological polar surface area (TPSA) is 101 Å². The van der Waals surface area contributed by atoms with E-state index in [1.807, 2.05) is 5.43 Å². The van der Waals surface area contributed by atoms with Gasteiger partial charge in [-0.2, -0.15) is 0 Å². The smallest absolute Gasteiger partial charge is 0.237 e. The molecule has 74 valence electrons. The van der Waals surface area contributed by atoms with Crippen molar-refractivity contribution in [3.63, 3.8) is 0 Å². The van der Waals surface area contributed by atoms with Crippen LogP contribution in [0.2, 0.25) is 0 Å². The first-order valence-electron chi connectivity index (χ1n) is 3.77. The van der Waals surface area contributed by atoms with Crippen LogP contribution >= 0.6 is 0 Å². The molecule has 0 rings (SSSR count). The fraction of sp³-hybridized carbons (Fsp3) is 0.429. The average Bonchev–Trinajstić information content (AvgIpc) is 2.13. The Kier molecular flexibility index (Phi) is 5.49. The summed E-state index contributed by atoms with van der Waals surface area (Å²) in [5.74, 6) is 9.42. The van der Waals surface area contributed by atoms with Gasteiger partial charge < -0.3 is 0 Å². The van der Waals surface area contributed by atoms with Gasteiger partial charge in [0.2, 0.25) is 11.8 Å². The molecule has 0 heterocycles. The number of nitrogens with one attached hydrogen (secondary N) is 1. The van der Waals surface area contributed by atoms with Gasteiger partial charge in [-0.3, -0.25) is 20.0 Å². The summed E-state index contributed by atoms with van der Waals surface area (Å²) in [6.45, 7) is 3.69. The lowest BCUT2D eigenvalue weighted by atomic mass is 10.3. The van der Waals surface area contributed by atoms with Gasteiger partial charge in [0, 0.05) is 12.8 Å². The molecule has 0 aliphatic carbocycles. The Hall–Kier alpha value is -1.40. The van der Waals surface area contributed by atoms with Crippen LogP contribution < -0.4 is 17.1 Å². The normalized spacial score (nSPS) is 9.08. The summed E-state index contributed by atoms with van der Waals surface area (Å²) in [4.78, 5) is 21.7. The van der Waals surface area contributed by atoms with Crippen LogP contribution in [0, 0.1) is 0 Å². The molecular formula is C7H14N4O2. The van der Waals surface area contributed by atoms with E-state index in [1.54, 1.807) is 0 Å². The summed E-state index contributed by atoms with van der Waals surface area (Å²) in [6, 6.07) is 0. The molecule has 0 bridgehead atoms. The van der Waals surface area contributed by atoms with Crippen molar-refractivity contribution < 1.29 is 9.59 Å². The Morgan fingerprint density at radius 3 is 2.54 bits per heavy atom. The molecular weight excluding hydrogens is 172 g/mol. The fourth-order valence-electron chi connectivity index (χ4n) is 0.677. The molecule has 6 nitrogen and oxygen atoms in total. The summed E-state index contributed by atoms with van der Waals surface area (Å²) in [7, 11) is 0. The maximum Gasteiger partial charge on any atom is 0.237 e. The number of hydrogen-bond acceptors (Lipinski definition) is 4. The number of rotatable bonds is 5. The second kappa shape index (κ2) is 6.15. The first-order chi connectivity index (χ1) is 6.11. The highest BCUT2D eigenvalue weighted by Crippen LogP contribution is 1.93. The van der Waals surface area contributed by atoms with E-state index in [2.05, 4.69) is 6.58 Å². The van der Waals surface area contributed by atoms with Crippen LogP contribution in [-0.4, -0.2) is 23.4 Å². The second-order valence-corrected chi connectivity index (χ2v) is 2.40. The van der Waals surface area contributed by atoms with Gasteiger partial charge in [-0.25, -0.2) is 11.7 Å². The monoisotopic (exact) mass is 186 g/mol. The highest BCUT2D eigenvalue weighted by atomic mass is 16.2. The van der Waals surface area contributed by atoms with Crippen LogP contribution in [0.5, 0.6) is 0 Å². The molecule has 0 atom stereocenters. The lowest BCUT2D eigenvalue weighted by Crippen LogP contribution is -2.38. The van der Waals surface area contributed by atoms with Gasteiger partial charge in [0.15, 0.2) is 0 Å². The van der Waals surface area contributed by atoms with Gasteiger partial charge in [-0.15, -0.1) is 6.58 Å². The molecule has 2 amide bonds. The van der Waals surface area contributed by atoms with Gasteiger partial charge in [-0.1, -0.05) is 6.08 Å². The molecule has 13 heavy (non-hydrogen) atoms. The van der Waals surface area contributed by atoms with Gasteiger partial charge in [0.1, 0.15) is 0 Å². The summed E-state index contributed by atoms with van der Waals surface area (Å²) < 4.78 is 0. The summed E-state index contributed by atoms with van der Waals surface area (Å²) in [5.41, 5.74) is 1.92. The minimum atomic E-state index is -0.389. The Bertz CT molecular complexity index is 205. The number of hydrogen-bond donors (Lipinski definition) is 3. The predicted molar refractivity (Wildman–Crippen MR) is 47.7 cm³/mol. The third-order valence-corrected chi connectivity index (χ3v) is 1.37. The van der Waals surface area contributed by atoms with Crippen molar-refractivity contribution in [2.75, 3.05) is 6.54 Å². The number of amides is 2. The number of nitrogens with zero attached hydrogens (tertiary/aromatic N) is 1. The third kappa shape index (κ3) is 4.94. The summed E-state index contributed by atoms with van der Waals surface area (Å²) in [6.07, 6.45) is 1.59. The molecule has 5 N–H and O–H groups in total. The fourth-order valence-corrected chi connectivity index (χ4v) is 0.677. The molecule has 0 saturated carbocycles. The molecule has 0 aliphatic heterocycles. The van der Waals surface area contributed by atoms with Crippen LogP contribution in [0.3, 0.4) is 0 Å².